The standard InChI is InChI=1S/C16H21N3O2/c1-21-13-7-9-16(10-8-13)14(17)18-15(20)19(16)11-12-5-3-2-4-6-12/h2-6,13H,7-11H2,1H3,(H2,17,18,20). The van der Waals surface area contributed by atoms with Gasteiger partial charge in [-0.3, -0.25) is 0 Å². The van der Waals surface area contributed by atoms with Gasteiger partial charge in [-0.25, -0.2) is 4.79 Å². The van der Waals surface area contributed by atoms with Crippen LogP contribution in [-0.4, -0.2) is 35.5 Å². The molecule has 3 rings (SSSR count). The molecule has 0 unspecified atom stereocenters. The van der Waals surface area contributed by atoms with Gasteiger partial charge in [0, 0.05) is 13.7 Å². The average molecular weight is 287 g/mol. The van der Waals surface area contributed by atoms with E-state index in [9.17, 15) is 4.79 Å². The van der Waals surface area contributed by atoms with E-state index in [4.69, 9.17) is 10.5 Å². The molecule has 5 heteroatoms. The summed E-state index contributed by atoms with van der Waals surface area (Å²) >= 11 is 0. The molecule has 0 saturated heterocycles. The number of carbonyl (C=O) groups is 1. The van der Waals surface area contributed by atoms with E-state index < -0.39 is 5.54 Å². The highest BCUT2D eigenvalue weighted by atomic mass is 16.5. The van der Waals surface area contributed by atoms with Gasteiger partial charge in [-0.1, -0.05) is 30.3 Å². The lowest BCUT2D eigenvalue weighted by Gasteiger charge is -2.42. The number of hydrogen-bond donors (Lipinski definition) is 1. The molecule has 1 aliphatic heterocycles. The number of hydrogen-bond acceptors (Lipinski definition) is 3. The van der Waals surface area contributed by atoms with Crippen LogP contribution in [0, 0.1) is 0 Å². The van der Waals surface area contributed by atoms with Crippen molar-refractivity contribution in [2.45, 2.75) is 43.9 Å². The van der Waals surface area contributed by atoms with Crippen LogP contribution < -0.4 is 5.73 Å². The highest BCUT2D eigenvalue weighted by Crippen LogP contribution is 2.39. The minimum absolute atomic E-state index is 0.216. The molecule has 0 atom stereocenters. The molecule has 0 aromatic heterocycles. The third-order valence-electron chi connectivity index (χ3n) is 4.72. The van der Waals surface area contributed by atoms with Crippen LogP contribution in [0.1, 0.15) is 31.2 Å². The van der Waals surface area contributed by atoms with Gasteiger partial charge in [-0.05, 0) is 31.2 Å². The minimum Gasteiger partial charge on any atom is -0.385 e. The zero-order valence-corrected chi connectivity index (χ0v) is 12.3. The molecule has 1 heterocycles. The van der Waals surface area contributed by atoms with E-state index in [0.717, 1.165) is 31.2 Å². The Bertz CT molecular complexity index is 548. The number of urea groups is 1. The first kappa shape index (κ1) is 14.1. The Kier molecular flexibility index (Phi) is 3.68. The maximum Gasteiger partial charge on any atom is 0.346 e. The van der Waals surface area contributed by atoms with E-state index >= 15 is 0 Å². The molecule has 1 aromatic rings. The van der Waals surface area contributed by atoms with Gasteiger partial charge >= 0.3 is 6.03 Å². The Hall–Kier alpha value is -1.88. The number of rotatable bonds is 3. The molecule has 112 valence electrons. The Morgan fingerprint density at radius 1 is 1.33 bits per heavy atom. The molecule has 2 aliphatic rings. The van der Waals surface area contributed by atoms with Gasteiger partial charge in [0.1, 0.15) is 11.4 Å². The summed E-state index contributed by atoms with van der Waals surface area (Å²) in [6, 6.07) is 9.77. The third-order valence-corrected chi connectivity index (χ3v) is 4.72. The van der Waals surface area contributed by atoms with Crippen molar-refractivity contribution in [1.29, 1.82) is 0 Å². The van der Waals surface area contributed by atoms with Crippen LogP contribution in [0.3, 0.4) is 0 Å². The molecule has 2 N–H and O–H groups in total. The van der Waals surface area contributed by atoms with E-state index in [0.29, 0.717) is 12.4 Å². The summed E-state index contributed by atoms with van der Waals surface area (Å²) in [6.45, 7) is 0.557. The smallest absolute Gasteiger partial charge is 0.346 e. The van der Waals surface area contributed by atoms with Crippen molar-refractivity contribution in [2.75, 3.05) is 7.11 Å². The van der Waals surface area contributed by atoms with Crippen molar-refractivity contribution in [1.82, 2.24) is 4.90 Å². The van der Waals surface area contributed by atoms with E-state index in [-0.39, 0.29) is 12.1 Å². The molecule has 0 radical (unpaired) electrons. The van der Waals surface area contributed by atoms with Crippen molar-refractivity contribution in [2.24, 2.45) is 10.7 Å². The number of carbonyl (C=O) groups excluding carboxylic acids is 1. The normalized spacial score (nSPS) is 29.0. The van der Waals surface area contributed by atoms with E-state index in [1.165, 1.54) is 0 Å². The van der Waals surface area contributed by atoms with Crippen LogP contribution in [0.15, 0.2) is 35.3 Å². The van der Waals surface area contributed by atoms with Crippen LogP contribution in [-0.2, 0) is 11.3 Å². The maximum atomic E-state index is 12.2. The molecule has 1 spiro atoms. The van der Waals surface area contributed by atoms with Crippen molar-refractivity contribution in [3.63, 3.8) is 0 Å². The quantitative estimate of drug-likeness (QED) is 0.927. The molecule has 5 nitrogen and oxygen atoms in total. The predicted molar refractivity (Wildman–Crippen MR) is 81.0 cm³/mol. The third kappa shape index (κ3) is 2.42. The maximum absolute atomic E-state index is 12.2. The first-order chi connectivity index (χ1) is 10.2. The Morgan fingerprint density at radius 3 is 2.62 bits per heavy atom. The van der Waals surface area contributed by atoms with Crippen molar-refractivity contribution >= 4 is 11.9 Å². The fourth-order valence-electron chi connectivity index (χ4n) is 3.40. The first-order valence-electron chi connectivity index (χ1n) is 7.39. The second-order valence-corrected chi connectivity index (χ2v) is 5.82. The highest BCUT2D eigenvalue weighted by molar-refractivity contribution is 6.05. The zero-order valence-electron chi connectivity index (χ0n) is 12.3. The van der Waals surface area contributed by atoms with E-state index in [1.54, 1.807) is 7.11 Å². The summed E-state index contributed by atoms with van der Waals surface area (Å²) in [4.78, 5) is 18.1. The van der Waals surface area contributed by atoms with Gasteiger partial charge in [0.05, 0.1) is 6.10 Å². The van der Waals surface area contributed by atoms with E-state index in [1.807, 2.05) is 35.2 Å². The molecule has 21 heavy (non-hydrogen) atoms. The first-order valence-corrected chi connectivity index (χ1v) is 7.39. The Labute approximate surface area is 124 Å². The Balaban J connectivity index is 1.83. The van der Waals surface area contributed by atoms with Gasteiger partial charge in [-0.15, -0.1) is 0 Å². The van der Waals surface area contributed by atoms with Crippen LogP contribution in [0.25, 0.3) is 0 Å². The number of amidine groups is 1. The molecular formula is C16H21N3O2. The summed E-state index contributed by atoms with van der Waals surface area (Å²) in [5, 5.41) is 0. The van der Waals surface area contributed by atoms with Gasteiger partial charge in [0.15, 0.2) is 0 Å². The minimum atomic E-state index is -0.415. The predicted octanol–water partition coefficient (Wildman–Crippen LogP) is 2.31. The van der Waals surface area contributed by atoms with Gasteiger partial charge in [0.25, 0.3) is 0 Å². The fraction of sp³-hybridized carbons (Fsp3) is 0.500. The fourth-order valence-corrected chi connectivity index (χ4v) is 3.40. The van der Waals surface area contributed by atoms with Crippen molar-refractivity contribution in [3.8, 4) is 0 Å². The highest BCUT2D eigenvalue weighted by Gasteiger charge is 2.50. The number of amides is 2. The lowest BCUT2D eigenvalue weighted by molar-refractivity contribution is 0.0325. The average Bonchev–Trinajstić information content (AvgIpc) is 2.74. The van der Waals surface area contributed by atoms with Crippen LogP contribution in [0.4, 0.5) is 4.79 Å². The summed E-state index contributed by atoms with van der Waals surface area (Å²) in [7, 11) is 1.74. The molecule has 0 bridgehead atoms. The molecule has 2 amide bonds. The van der Waals surface area contributed by atoms with Gasteiger partial charge in [-0.2, -0.15) is 4.99 Å². The van der Waals surface area contributed by atoms with E-state index in [2.05, 4.69) is 4.99 Å². The van der Waals surface area contributed by atoms with Gasteiger partial charge < -0.3 is 15.4 Å². The topological polar surface area (TPSA) is 67.9 Å². The summed E-state index contributed by atoms with van der Waals surface area (Å²) < 4.78 is 5.43. The molecule has 1 aliphatic carbocycles. The number of methoxy groups -OCH3 is 1. The summed E-state index contributed by atoms with van der Waals surface area (Å²) in [5.74, 6) is 0.470. The molecule has 1 fully saturated rings. The molecular weight excluding hydrogens is 266 g/mol. The molecule has 1 saturated carbocycles. The number of ether oxygens (including phenoxy) is 1. The number of aliphatic imine (C=N–C) groups is 1. The van der Waals surface area contributed by atoms with Crippen molar-refractivity contribution < 1.29 is 9.53 Å². The van der Waals surface area contributed by atoms with Crippen LogP contribution in [0.2, 0.25) is 0 Å². The number of nitrogens with two attached hydrogens (primary N) is 1. The monoisotopic (exact) mass is 287 g/mol. The lowest BCUT2D eigenvalue weighted by Crippen LogP contribution is -2.56. The van der Waals surface area contributed by atoms with Crippen LogP contribution in [0.5, 0.6) is 0 Å². The Morgan fingerprint density at radius 2 is 2.00 bits per heavy atom. The largest absolute Gasteiger partial charge is 0.385 e. The SMILES string of the molecule is COC1CCC2(CC1)C(N)=NC(=O)N2Cc1ccccc1. The number of benzene rings is 1. The second kappa shape index (κ2) is 5.48. The summed E-state index contributed by atoms with van der Waals surface area (Å²) in [6.07, 6.45) is 3.72. The molecule has 1 aromatic carbocycles. The second-order valence-electron chi connectivity index (χ2n) is 5.82. The zero-order chi connectivity index (χ0) is 14.9. The van der Waals surface area contributed by atoms with Crippen molar-refractivity contribution in [3.05, 3.63) is 35.9 Å². The van der Waals surface area contributed by atoms with Gasteiger partial charge in [0.2, 0.25) is 0 Å². The van der Waals surface area contributed by atoms with Crippen LogP contribution >= 0.6 is 0 Å². The summed E-state index contributed by atoms with van der Waals surface area (Å²) in [5.41, 5.74) is 6.80. The number of nitrogens with zero attached hydrogens (tertiary/aromatic N) is 2. The lowest BCUT2D eigenvalue weighted by atomic mass is 9.78.